The number of benzene rings is 3. The number of phenolic OH excluding ortho intramolecular Hbond substituents is 1. The third kappa shape index (κ3) is 5.34. The molecule has 0 bridgehead atoms. The van der Waals surface area contributed by atoms with Gasteiger partial charge in [-0.05, 0) is 41.5 Å². The first-order chi connectivity index (χ1) is 16.1. The first-order valence-electron chi connectivity index (χ1n) is 11.1. The summed E-state index contributed by atoms with van der Waals surface area (Å²) >= 11 is 0. The molecule has 0 aromatic heterocycles. The van der Waals surface area contributed by atoms with Gasteiger partial charge >= 0.3 is 0 Å². The van der Waals surface area contributed by atoms with Crippen LogP contribution >= 0.6 is 0 Å². The van der Waals surface area contributed by atoms with E-state index in [9.17, 15) is 22.7 Å². The molecule has 3 aromatic rings. The largest absolute Gasteiger partial charge is 0.507 e. The second-order valence-corrected chi connectivity index (χ2v) is 10.5. The lowest BCUT2D eigenvalue weighted by molar-refractivity contribution is 0.366. The first-order valence-corrected chi connectivity index (χ1v) is 11.1. The van der Waals surface area contributed by atoms with Crippen LogP contribution in [0.25, 0.3) is 0 Å². The molecular weight excluding hydrogens is 458 g/mol. The van der Waals surface area contributed by atoms with Crippen molar-refractivity contribution in [1.82, 2.24) is 0 Å². The monoisotopic (exact) mass is 487 g/mol. The van der Waals surface area contributed by atoms with E-state index < -0.39 is 34.6 Å². The molecule has 0 saturated heterocycles. The molecule has 186 valence electrons. The highest BCUT2D eigenvalue weighted by atomic mass is 19.2. The summed E-state index contributed by atoms with van der Waals surface area (Å²) in [4.78, 5) is 4.41. The quantitative estimate of drug-likeness (QED) is 0.174. The Kier molecular flexibility index (Phi) is 7.02. The molecule has 0 heterocycles. The molecule has 0 radical (unpaired) electrons. The highest BCUT2D eigenvalue weighted by Crippen LogP contribution is 2.39. The van der Waals surface area contributed by atoms with E-state index in [1.807, 2.05) is 32.9 Å². The summed E-state index contributed by atoms with van der Waals surface area (Å²) < 4.78 is 61.1. The van der Waals surface area contributed by atoms with Gasteiger partial charge in [-0.2, -0.15) is 4.39 Å². The predicted octanol–water partition coefficient (Wildman–Crippen LogP) is 8.39. The minimum absolute atomic E-state index is 0.00123. The molecule has 3 nitrogen and oxygen atoms in total. The molecule has 0 aliphatic carbocycles. The first kappa shape index (κ1) is 26.3. The summed E-state index contributed by atoms with van der Waals surface area (Å²) in [7, 11) is 0. The fourth-order valence-corrected chi connectivity index (χ4v) is 3.50. The van der Waals surface area contributed by atoms with Crippen molar-refractivity contribution in [3.05, 3.63) is 81.9 Å². The van der Waals surface area contributed by atoms with E-state index in [-0.39, 0.29) is 28.0 Å². The Morgan fingerprint density at radius 1 is 0.829 bits per heavy atom. The van der Waals surface area contributed by atoms with Crippen molar-refractivity contribution in [2.75, 3.05) is 0 Å². The third-order valence-electron chi connectivity index (χ3n) is 5.68. The highest BCUT2D eigenvalue weighted by Gasteiger charge is 2.26. The zero-order chi connectivity index (χ0) is 26.3. The zero-order valence-corrected chi connectivity index (χ0v) is 20.9. The van der Waals surface area contributed by atoms with Gasteiger partial charge in [0.05, 0.1) is 0 Å². The van der Waals surface area contributed by atoms with Crippen LogP contribution in [0.2, 0.25) is 0 Å². The van der Waals surface area contributed by atoms with Crippen molar-refractivity contribution in [1.29, 1.82) is 0 Å². The second kappa shape index (κ2) is 9.36. The van der Waals surface area contributed by atoms with E-state index in [1.165, 1.54) is 12.3 Å². The Morgan fingerprint density at radius 3 is 2.03 bits per heavy atom. The van der Waals surface area contributed by atoms with Gasteiger partial charge in [-0.1, -0.05) is 59.7 Å². The van der Waals surface area contributed by atoms with Crippen LogP contribution in [-0.2, 0) is 10.8 Å². The van der Waals surface area contributed by atoms with E-state index in [0.717, 1.165) is 18.1 Å². The van der Waals surface area contributed by atoms with Crippen LogP contribution in [-0.4, -0.2) is 11.3 Å². The molecule has 0 aliphatic heterocycles. The fraction of sp³-hybridized carbons (Fsp3) is 0.321. The average molecular weight is 488 g/mol. The van der Waals surface area contributed by atoms with Gasteiger partial charge in [0.25, 0.3) is 0 Å². The third-order valence-corrected chi connectivity index (χ3v) is 5.68. The molecule has 0 unspecified atom stereocenters. The van der Waals surface area contributed by atoms with E-state index in [4.69, 9.17) is 4.74 Å². The molecule has 3 rings (SSSR count). The highest BCUT2D eigenvalue weighted by molar-refractivity contribution is 5.87. The summed E-state index contributed by atoms with van der Waals surface area (Å²) in [5, 5.41) is 11.0. The van der Waals surface area contributed by atoms with Gasteiger partial charge in [0.2, 0.25) is 11.6 Å². The Bertz CT molecular complexity index is 1270. The van der Waals surface area contributed by atoms with Gasteiger partial charge in [-0.15, -0.1) is 0 Å². The van der Waals surface area contributed by atoms with E-state index >= 15 is 0 Å². The second-order valence-electron chi connectivity index (χ2n) is 10.5. The smallest absolute Gasteiger partial charge is 0.204 e. The minimum atomic E-state index is -1.96. The summed E-state index contributed by atoms with van der Waals surface area (Å²) in [5.74, 6) is -7.71. The maximum atomic E-state index is 14.4. The van der Waals surface area contributed by atoms with Crippen molar-refractivity contribution < 1.29 is 27.4 Å². The molecule has 35 heavy (non-hydrogen) atoms. The van der Waals surface area contributed by atoms with E-state index in [0.29, 0.717) is 5.56 Å². The van der Waals surface area contributed by atoms with Crippen molar-refractivity contribution >= 4 is 11.9 Å². The lowest BCUT2D eigenvalue weighted by Gasteiger charge is -2.27. The summed E-state index contributed by atoms with van der Waals surface area (Å²) in [6.45, 7) is 13.3. The van der Waals surface area contributed by atoms with Gasteiger partial charge in [0.1, 0.15) is 11.4 Å². The van der Waals surface area contributed by atoms with Crippen LogP contribution < -0.4 is 4.74 Å². The molecule has 0 fully saturated rings. The lowest BCUT2D eigenvalue weighted by Crippen LogP contribution is -2.17. The topological polar surface area (TPSA) is 41.8 Å². The fourth-order valence-electron chi connectivity index (χ4n) is 3.50. The molecule has 0 amide bonds. The molecule has 3 aromatic carbocycles. The van der Waals surface area contributed by atoms with Crippen LogP contribution in [0.15, 0.2) is 41.4 Å². The number of rotatable bonds is 4. The van der Waals surface area contributed by atoms with Crippen molar-refractivity contribution in [2.45, 2.75) is 59.3 Å². The predicted molar refractivity (Wildman–Crippen MR) is 130 cm³/mol. The number of para-hydroxylation sites is 2. The zero-order valence-electron chi connectivity index (χ0n) is 20.9. The van der Waals surface area contributed by atoms with Crippen LogP contribution in [0.4, 0.5) is 23.2 Å². The number of hydrogen-bond acceptors (Lipinski definition) is 3. The van der Waals surface area contributed by atoms with Gasteiger partial charge in [0, 0.05) is 22.9 Å². The summed E-state index contributed by atoms with van der Waals surface area (Å²) in [6.07, 6.45) is 1.46. The minimum Gasteiger partial charge on any atom is -0.507 e. The number of aliphatic imine (C=N–C) groups is 1. The van der Waals surface area contributed by atoms with Crippen molar-refractivity contribution in [3.8, 4) is 17.2 Å². The maximum Gasteiger partial charge on any atom is 0.204 e. The van der Waals surface area contributed by atoms with E-state index in [2.05, 4.69) is 25.8 Å². The van der Waals surface area contributed by atoms with Crippen molar-refractivity contribution in [2.24, 2.45) is 4.99 Å². The average Bonchev–Trinajstić information content (AvgIpc) is 2.77. The van der Waals surface area contributed by atoms with Gasteiger partial charge in [0.15, 0.2) is 23.1 Å². The van der Waals surface area contributed by atoms with Gasteiger partial charge in [-0.25, -0.2) is 13.2 Å². The Labute approximate surface area is 203 Å². The number of aromatic hydroxyl groups is 1. The Balaban J connectivity index is 2.09. The molecule has 7 heteroatoms. The molecule has 0 aliphatic rings. The lowest BCUT2D eigenvalue weighted by atomic mass is 9.79. The van der Waals surface area contributed by atoms with Gasteiger partial charge in [-0.3, -0.25) is 4.99 Å². The standard InChI is InChI=1S/C28H29F4NO2/c1-15-21(29)22(30)23(31)24(32)26(15)35-20-11-9-8-10-19(20)33-14-16-12-17(27(2,3)4)13-18(25(16)34)28(5,6)7/h8-14,34H,1-7H3. The van der Waals surface area contributed by atoms with Crippen LogP contribution in [0.1, 0.15) is 63.8 Å². The number of halogens is 4. The number of hydrogen-bond donors (Lipinski definition) is 1. The van der Waals surface area contributed by atoms with Crippen LogP contribution in [0.3, 0.4) is 0 Å². The molecule has 0 atom stereocenters. The Morgan fingerprint density at radius 2 is 1.43 bits per heavy atom. The van der Waals surface area contributed by atoms with Gasteiger partial charge < -0.3 is 9.84 Å². The molecule has 1 N–H and O–H groups in total. The molecule has 0 spiro atoms. The number of phenols is 1. The van der Waals surface area contributed by atoms with Crippen LogP contribution in [0.5, 0.6) is 17.2 Å². The maximum absolute atomic E-state index is 14.4. The number of ether oxygens (including phenoxy) is 1. The van der Waals surface area contributed by atoms with Crippen molar-refractivity contribution in [3.63, 3.8) is 0 Å². The summed E-state index contributed by atoms with van der Waals surface area (Å²) in [5.41, 5.74) is 1.41. The molecular formula is C28H29F4NO2. The molecule has 0 saturated carbocycles. The van der Waals surface area contributed by atoms with E-state index in [1.54, 1.807) is 18.2 Å². The normalized spacial score (nSPS) is 12.4. The Hall–Kier alpha value is -3.35. The van der Waals surface area contributed by atoms with Crippen LogP contribution in [0, 0.1) is 30.2 Å². The SMILES string of the molecule is Cc1c(F)c(F)c(F)c(F)c1Oc1ccccc1N=Cc1cc(C(C)(C)C)cc(C(C)(C)C)c1O. The summed E-state index contributed by atoms with van der Waals surface area (Å²) in [6, 6.07) is 10.0. The number of nitrogens with zero attached hydrogens (tertiary/aromatic N) is 1.